The van der Waals surface area contributed by atoms with E-state index in [0.29, 0.717) is 17.5 Å². The number of urea groups is 1. The molecule has 2 aromatic rings. The number of amides is 2. The van der Waals surface area contributed by atoms with Crippen LogP contribution in [-0.4, -0.2) is 21.2 Å². The van der Waals surface area contributed by atoms with Crippen LogP contribution in [0.5, 0.6) is 0 Å². The Morgan fingerprint density at radius 1 is 1.47 bits per heavy atom. The summed E-state index contributed by atoms with van der Waals surface area (Å²) < 4.78 is 0. The van der Waals surface area contributed by atoms with E-state index >= 15 is 0 Å². The Balaban J connectivity index is 1.84. The second-order valence-electron chi connectivity index (χ2n) is 3.27. The zero-order valence-electron chi connectivity index (χ0n) is 8.77. The van der Waals surface area contributed by atoms with Crippen molar-refractivity contribution < 1.29 is 4.79 Å². The van der Waals surface area contributed by atoms with Crippen LogP contribution in [0.25, 0.3) is 0 Å². The summed E-state index contributed by atoms with van der Waals surface area (Å²) in [5, 5.41) is 11.9. The van der Waals surface area contributed by atoms with Crippen molar-refractivity contribution in [3.05, 3.63) is 41.2 Å². The predicted molar refractivity (Wildman–Crippen MR) is 63.7 cm³/mol. The molecule has 0 saturated heterocycles. The van der Waals surface area contributed by atoms with Gasteiger partial charge in [-0.3, -0.25) is 5.32 Å². The maximum absolute atomic E-state index is 11.4. The van der Waals surface area contributed by atoms with Crippen molar-refractivity contribution in [2.45, 2.75) is 6.54 Å². The third-order valence-corrected chi connectivity index (χ3v) is 2.22. The summed E-state index contributed by atoms with van der Waals surface area (Å²) >= 11 is 5.82. The van der Waals surface area contributed by atoms with Crippen LogP contribution in [0.1, 0.15) is 5.56 Å². The molecule has 3 N–H and O–H groups in total. The minimum atomic E-state index is -0.360. The van der Waals surface area contributed by atoms with Crippen LogP contribution < -0.4 is 10.6 Å². The van der Waals surface area contributed by atoms with Gasteiger partial charge in [-0.1, -0.05) is 23.7 Å². The second kappa shape index (κ2) is 5.31. The Morgan fingerprint density at radius 2 is 2.35 bits per heavy atom. The molecule has 0 aliphatic rings. The molecular formula is C10H10ClN5O. The molecule has 1 aromatic heterocycles. The number of rotatable bonds is 3. The summed E-state index contributed by atoms with van der Waals surface area (Å²) in [5.41, 5.74) is 0.921. The van der Waals surface area contributed by atoms with Crippen LogP contribution in [0.4, 0.5) is 10.7 Å². The van der Waals surface area contributed by atoms with E-state index in [9.17, 15) is 4.79 Å². The number of hydrogen-bond donors (Lipinski definition) is 3. The van der Waals surface area contributed by atoms with Gasteiger partial charge in [0, 0.05) is 11.6 Å². The second-order valence-corrected chi connectivity index (χ2v) is 3.71. The summed E-state index contributed by atoms with van der Waals surface area (Å²) in [4.78, 5) is 15.2. The lowest BCUT2D eigenvalue weighted by atomic mass is 10.2. The van der Waals surface area contributed by atoms with Gasteiger partial charge < -0.3 is 5.32 Å². The molecule has 0 radical (unpaired) electrons. The number of aromatic nitrogens is 3. The standard InChI is InChI=1S/C10H10ClN5O/c11-8-3-1-2-7(4-8)5-12-10(17)15-9-13-6-14-16-9/h1-4,6H,5H2,(H3,12,13,14,15,16,17). The van der Waals surface area contributed by atoms with E-state index in [1.54, 1.807) is 12.1 Å². The first-order valence-electron chi connectivity index (χ1n) is 4.89. The third kappa shape index (κ3) is 3.46. The highest BCUT2D eigenvalue weighted by Crippen LogP contribution is 2.10. The molecule has 0 aliphatic carbocycles. The molecule has 0 saturated carbocycles. The minimum Gasteiger partial charge on any atom is -0.334 e. The molecule has 2 amide bonds. The zero-order chi connectivity index (χ0) is 12.1. The Bertz CT molecular complexity index is 499. The van der Waals surface area contributed by atoms with Crippen LogP contribution in [-0.2, 0) is 6.54 Å². The first-order valence-corrected chi connectivity index (χ1v) is 5.26. The van der Waals surface area contributed by atoms with Gasteiger partial charge in [-0.25, -0.2) is 9.89 Å². The maximum atomic E-state index is 11.4. The van der Waals surface area contributed by atoms with Crippen LogP contribution >= 0.6 is 11.6 Å². The van der Waals surface area contributed by atoms with Crippen molar-refractivity contribution in [3.8, 4) is 0 Å². The summed E-state index contributed by atoms with van der Waals surface area (Å²) in [5.74, 6) is 0.300. The van der Waals surface area contributed by atoms with Gasteiger partial charge in [0.1, 0.15) is 6.33 Å². The van der Waals surface area contributed by atoms with Crippen molar-refractivity contribution in [2.75, 3.05) is 5.32 Å². The summed E-state index contributed by atoms with van der Waals surface area (Å²) in [6, 6.07) is 6.91. The number of H-pyrrole nitrogens is 1. The fourth-order valence-corrected chi connectivity index (χ4v) is 1.46. The molecule has 1 heterocycles. The highest BCUT2D eigenvalue weighted by atomic mass is 35.5. The molecule has 0 fully saturated rings. The topological polar surface area (TPSA) is 82.7 Å². The van der Waals surface area contributed by atoms with Gasteiger partial charge in [0.05, 0.1) is 0 Å². The van der Waals surface area contributed by atoms with Crippen LogP contribution in [0.3, 0.4) is 0 Å². The lowest BCUT2D eigenvalue weighted by molar-refractivity contribution is 0.251. The average Bonchev–Trinajstić information content (AvgIpc) is 2.79. The smallest absolute Gasteiger partial charge is 0.321 e. The Labute approximate surface area is 102 Å². The van der Waals surface area contributed by atoms with E-state index in [1.807, 2.05) is 12.1 Å². The fraction of sp³-hybridized carbons (Fsp3) is 0.100. The van der Waals surface area contributed by atoms with E-state index in [-0.39, 0.29) is 6.03 Å². The molecule has 88 valence electrons. The molecule has 0 spiro atoms. The monoisotopic (exact) mass is 251 g/mol. The van der Waals surface area contributed by atoms with Crippen molar-refractivity contribution in [1.29, 1.82) is 0 Å². The predicted octanol–water partition coefficient (Wildman–Crippen LogP) is 1.78. The van der Waals surface area contributed by atoms with E-state index in [2.05, 4.69) is 25.8 Å². The quantitative estimate of drug-likeness (QED) is 0.778. The molecule has 7 heteroatoms. The van der Waals surface area contributed by atoms with Gasteiger partial charge in [0.2, 0.25) is 5.95 Å². The minimum absolute atomic E-state index is 0.300. The average molecular weight is 252 g/mol. The fourth-order valence-electron chi connectivity index (χ4n) is 1.25. The molecule has 1 aromatic carbocycles. The number of anilines is 1. The van der Waals surface area contributed by atoms with Crippen molar-refractivity contribution >= 4 is 23.6 Å². The molecule has 0 aliphatic heterocycles. The van der Waals surface area contributed by atoms with Gasteiger partial charge in [-0.15, -0.1) is 0 Å². The number of carbonyl (C=O) groups is 1. The molecule has 6 nitrogen and oxygen atoms in total. The molecule has 2 rings (SSSR count). The van der Waals surface area contributed by atoms with E-state index in [0.717, 1.165) is 5.56 Å². The number of aromatic amines is 1. The molecule has 0 atom stereocenters. The van der Waals surface area contributed by atoms with Crippen LogP contribution in [0, 0.1) is 0 Å². The maximum Gasteiger partial charge on any atom is 0.321 e. The van der Waals surface area contributed by atoms with Crippen molar-refractivity contribution in [2.24, 2.45) is 0 Å². The first-order chi connectivity index (χ1) is 8.24. The van der Waals surface area contributed by atoms with Gasteiger partial charge in [-0.05, 0) is 17.7 Å². The Hall–Kier alpha value is -2.08. The number of hydrogen-bond acceptors (Lipinski definition) is 3. The van der Waals surface area contributed by atoms with Crippen LogP contribution in [0.15, 0.2) is 30.6 Å². The Kier molecular flexibility index (Phi) is 3.56. The highest BCUT2D eigenvalue weighted by Gasteiger charge is 2.03. The normalized spacial score (nSPS) is 9.94. The third-order valence-electron chi connectivity index (χ3n) is 1.99. The van der Waals surface area contributed by atoms with Crippen LogP contribution in [0.2, 0.25) is 5.02 Å². The van der Waals surface area contributed by atoms with Gasteiger partial charge in [-0.2, -0.15) is 10.1 Å². The number of nitrogens with zero attached hydrogens (tertiary/aromatic N) is 2. The van der Waals surface area contributed by atoms with E-state index < -0.39 is 0 Å². The SMILES string of the molecule is O=C(NCc1cccc(Cl)c1)Nc1ncn[nH]1. The van der Waals surface area contributed by atoms with E-state index in [1.165, 1.54) is 6.33 Å². The lowest BCUT2D eigenvalue weighted by Crippen LogP contribution is -2.28. The summed E-state index contributed by atoms with van der Waals surface area (Å²) in [6.07, 6.45) is 1.31. The van der Waals surface area contributed by atoms with Crippen molar-refractivity contribution in [1.82, 2.24) is 20.5 Å². The Morgan fingerprint density at radius 3 is 3.06 bits per heavy atom. The summed E-state index contributed by atoms with van der Waals surface area (Å²) in [6.45, 7) is 0.389. The summed E-state index contributed by atoms with van der Waals surface area (Å²) in [7, 11) is 0. The molecule has 17 heavy (non-hydrogen) atoms. The largest absolute Gasteiger partial charge is 0.334 e. The lowest BCUT2D eigenvalue weighted by Gasteiger charge is -2.05. The first kappa shape index (κ1) is 11.4. The number of carbonyl (C=O) groups excluding carboxylic acids is 1. The number of halogens is 1. The van der Waals surface area contributed by atoms with Gasteiger partial charge in [0.15, 0.2) is 0 Å². The molecular weight excluding hydrogens is 242 g/mol. The van der Waals surface area contributed by atoms with Gasteiger partial charge in [0.25, 0.3) is 0 Å². The van der Waals surface area contributed by atoms with E-state index in [4.69, 9.17) is 11.6 Å². The zero-order valence-corrected chi connectivity index (χ0v) is 9.53. The van der Waals surface area contributed by atoms with Gasteiger partial charge >= 0.3 is 6.03 Å². The van der Waals surface area contributed by atoms with Crippen molar-refractivity contribution in [3.63, 3.8) is 0 Å². The highest BCUT2D eigenvalue weighted by molar-refractivity contribution is 6.30. The molecule has 0 unspecified atom stereocenters. The number of benzene rings is 1. The number of nitrogens with one attached hydrogen (secondary N) is 3. The molecule has 0 bridgehead atoms.